The Bertz CT molecular complexity index is 333. The van der Waals surface area contributed by atoms with Gasteiger partial charge in [-0.15, -0.1) is 0 Å². The quantitative estimate of drug-likeness (QED) is 0.875. The Morgan fingerprint density at radius 3 is 2.38 bits per heavy atom. The molecule has 3 heteroatoms. The number of nitrogens with one attached hydrogen (secondary N) is 1. The second-order valence-electron chi connectivity index (χ2n) is 4.21. The second kappa shape index (κ2) is 6.14. The predicted octanol–water partition coefficient (Wildman–Crippen LogP) is 4.12. The van der Waals surface area contributed by atoms with Crippen LogP contribution in [0.2, 0.25) is 0 Å². The molecule has 0 unspecified atom stereocenters. The van der Waals surface area contributed by atoms with E-state index in [1.54, 1.807) is 0 Å². The first-order valence-corrected chi connectivity index (χ1v) is 6.61. The van der Waals surface area contributed by atoms with Gasteiger partial charge in [-0.3, -0.25) is 0 Å². The molecule has 0 aliphatic rings. The fourth-order valence-corrected chi connectivity index (χ4v) is 2.09. The van der Waals surface area contributed by atoms with Crippen LogP contribution in [0.25, 0.3) is 0 Å². The summed E-state index contributed by atoms with van der Waals surface area (Å²) in [5.41, 5.74) is 2.43. The molecule has 0 aliphatic carbocycles. The van der Waals surface area contributed by atoms with Gasteiger partial charge in [0.2, 0.25) is 0 Å². The zero-order chi connectivity index (χ0) is 12.1. The number of halogens is 1. The zero-order valence-corrected chi connectivity index (χ0v) is 12.1. The van der Waals surface area contributed by atoms with Gasteiger partial charge >= 0.3 is 0 Å². The van der Waals surface area contributed by atoms with Crippen LogP contribution in [0.5, 0.6) is 0 Å². The minimum absolute atomic E-state index is 0.549. The third-order valence-electron chi connectivity index (χ3n) is 2.79. The number of nitrogens with zero attached hydrogens (tertiary/aromatic N) is 1. The van der Waals surface area contributed by atoms with E-state index in [1.807, 2.05) is 0 Å². The van der Waals surface area contributed by atoms with E-state index in [4.69, 9.17) is 0 Å². The maximum atomic E-state index is 3.60. The van der Waals surface area contributed by atoms with Gasteiger partial charge < -0.3 is 10.2 Å². The molecule has 1 N–H and O–H groups in total. The lowest BCUT2D eigenvalue weighted by molar-refractivity contribution is 0.671. The van der Waals surface area contributed by atoms with Crippen LogP contribution in [0.15, 0.2) is 22.7 Å². The van der Waals surface area contributed by atoms with Crippen LogP contribution in [-0.2, 0) is 0 Å². The first-order chi connectivity index (χ1) is 7.58. The van der Waals surface area contributed by atoms with E-state index in [0.717, 1.165) is 17.3 Å². The fourth-order valence-electron chi connectivity index (χ4n) is 1.73. The molecule has 1 aromatic carbocycles. The predicted molar refractivity (Wildman–Crippen MR) is 76.5 cm³/mol. The molecule has 0 fully saturated rings. The van der Waals surface area contributed by atoms with Crippen LogP contribution in [0.3, 0.4) is 0 Å². The smallest absolute Gasteiger partial charge is 0.0597 e. The lowest BCUT2D eigenvalue weighted by atomic mass is 10.1. The van der Waals surface area contributed by atoms with E-state index in [9.17, 15) is 0 Å². The van der Waals surface area contributed by atoms with Gasteiger partial charge in [0.05, 0.1) is 11.4 Å². The first kappa shape index (κ1) is 13.4. The summed E-state index contributed by atoms with van der Waals surface area (Å²) >= 11 is 3.52. The average molecular weight is 285 g/mol. The van der Waals surface area contributed by atoms with Crippen molar-refractivity contribution in [3.8, 4) is 0 Å². The molecular weight excluding hydrogens is 264 g/mol. The van der Waals surface area contributed by atoms with E-state index < -0.39 is 0 Å². The molecule has 0 saturated heterocycles. The topological polar surface area (TPSA) is 15.3 Å². The largest absolute Gasteiger partial charge is 0.381 e. The Hall–Kier alpha value is -0.700. The van der Waals surface area contributed by atoms with Crippen LogP contribution in [0.4, 0.5) is 11.4 Å². The Morgan fingerprint density at radius 2 is 1.88 bits per heavy atom. The third kappa shape index (κ3) is 3.41. The molecule has 0 radical (unpaired) electrons. The molecule has 90 valence electrons. The van der Waals surface area contributed by atoms with Crippen LogP contribution >= 0.6 is 15.9 Å². The highest BCUT2D eigenvalue weighted by atomic mass is 79.9. The van der Waals surface area contributed by atoms with Crippen LogP contribution < -0.4 is 10.2 Å². The van der Waals surface area contributed by atoms with E-state index in [2.05, 4.69) is 72.3 Å². The van der Waals surface area contributed by atoms with Gasteiger partial charge in [-0.25, -0.2) is 0 Å². The zero-order valence-electron chi connectivity index (χ0n) is 10.5. The maximum Gasteiger partial charge on any atom is 0.0597 e. The van der Waals surface area contributed by atoms with Crippen LogP contribution in [0.1, 0.15) is 26.7 Å². The highest BCUT2D eigenvalue weighted by molar-refractivity contribution is 9.10. The Balaban J connectivity index is 2.95. The lowest BCUT2D eigenvalue weighted by Gasteiger charge is -2.23. The first-order valence-electron chi connectivity index (χ1n) is 5.81. The minimum Gasteiger partial charge on any atom is -0.381 e. The normalized spacial score (nSPS) is 10.6. The van der Waals surface area contributed by atoms with Crippen molar-refractivity contribution in [2.75, 3.05) is 24.3 Å². The van der Waals surface area contributed by atoms with E-state index in [1.165, 1.54) is 11.4 Å². The van der Waals surface area contributed by atoms with Crippen molar-refractivity contribution in [1.82, 2.24) is 0 Å². The second-order valence-corrected chi connectivity index (χ2v) is 5.13. The Kier molecular flexibility index (Phi) is 5.13. The van der Waals surface area contributed by atoms with E-state index >= 15 is 0 Å². The molecule has 0 aliphatic heterocycles. The Labute approximate surface area is 107 Å². The molecule has 0 heterocycles. The molecule has 0 amide bonds. The standard InChI is InChI=1S/C13H21BrN2/c1-5-11(6-2)15-12-9-10(14)7-8-13(12)16(3)4/h7-9,11,15H,5-6H2,1-4H3. The number of hydrogen-bond donors (Lipinski definition) is 1. The fraction of sp³-hybridized carbons (Fsp3) is 0.538. The van der Waals surface area contributed by atoms with Crippen molar-refractivity contribution in [3.63, 3.8) is 0 Å². The summed E-state index contributed by atoms with van der Waals surface area (Å²) in [6.45, 7) is 4.43. The van der Waals surface area contributed by atoms with Crippen molar-refractivity contribution in [2.24, 2.45) is 0 Å². The van der Waals surface area contributed by atoms with Crippen LogP contribution in [-0.4, -0.2) is 20.1 Å². The summed E-state index contributed by atoms with van der Waals surface area (Å²) < 4.78 is 1.12. The minimum atomic E-state index is 0.549. The molecule has 0 atom stereocenters. The number of rotatable bonds is 5. The summed E-state index contributed by atoms with van der Waals surface area (Å²) in [5, 5.41) is 3.60. The van der Waals surface area contributed by atoms with Crippen molar-refractivity contribution in [2.45, 2.75) is 32.7 Å². The maximum absolute atomic E-state index is 3.60. The van der Waals surface area contributed by atoms with Gasteiger partial charge in [-0.05, 0) is 31.0 Å². The molecule has 1 aromatic rings. The highest BCUT2D eigenvalue weighted by Gasteiger charge is 2.09. The van der Waals surface area contributed by atoms with Crippen molar-refractivity contribution in [1.29, 1.82) is 0 Å². The monoisotopic (exact) mass is 284 g/mol. The molecule has 0 saturated carbocycles. The van der Waals surface area contributed by atoms with E-state index in [-0.39, 0.29) is 0 Å². The lowest BCUT2D eigenvalue weighted by Crippen LogP contribution is -2.20. The summed E-state index contributed by atoms with van der Waals surface area (Å²) in [6, 6.07) is 6.91. The molecule has 2 nitrogen and oxygen atoms in total. The number of hydrogen-bond acceptors (Lipinski definition) is 2. The summed E-state index contributed by atoms with van der Waals surface area (Å²) in [5.74, 6) is 0. The van der Waals surface area contributed by atoms with Gasteiger partial charge in [0.15, 0.2) is 0 Å². The Morgan fingerprint density at radius 1 is 1.25 bits per heavy atom. The summed E-state index contributed by atoms with van der Waals surface area (Å²) in [4.78, 5) is 2.14. The van der Waals surface area contributed by atoms with Gasteiger partial charge in [-0.2, -0.15) is 0 Å². The molecular formula is C13H21BrN2. The van der Waals surface area contributed by atoms with Gasteiger partial charge in [0, 0.05) is 24.6 Å². The summed E-state index contributed by atoms with van der Waals surface area (Å²) in [6.07, 6.45) is 2.30. The summed E-state index contributed by atoms with van der Waals surface area (Å²) in [7, 11) is 4.14. The van der Waals surface area contributed by atoms with Crippen molar-refractivity contribution in [3.05, 3.63) is 22.7 Å². The molecule has 0 spiro atoms. The average Bonchev–Trinajstić information content (AvgIpc) is 2.25. The van der Waals surface area contributed by atoms with Crippen molar-refractivity contribution < 1.29 is 0 Å². The number of benzene rings is 1. The van der Waals surface area contributed by atoms with Gasteiger partial charge in [-0.1, -0.05) is 29.8 Å². The molecule has 1 rings (SSSR count). The number of anilines is 2. The SMILES string of the molecule is CCC(CC)Nc1cc(Br)ccc1N(C)C. The molecule has 0 aromatic heterocycles. The highest BCUT2D eigenvalue weighted by Crippen LogP contribution is 2.29. The molecule has 16 heavy (non-hydrogen) atoms. The van der Waals surface area contributed by atoms with Gasteiger partial charge in [0.25, 0.3) is 0 Å². The third-order valence-corrected chi connectivity index (χ3v) is 3.28. The van der Waals surface area contributed by atoms with E-state index in [0.29, 0.717) is 6.04 Å². The van der Waals surface area contributed by atoms with Crippen molar-refractivity contribution >= 4 is 27.3 Å². The van der Waals surface area contributed by atoms with Gasteiger partial charge in [0.1, 0.15) is 0 Å². The molecule has 0 bridgehead atoms. The van der Waals surface area contributed by atoms with Crippen LogP contribution in [0, 0.1) is 0 Å².